The van der Waals surface area contributed by atoms with E-state index in [0.717, 1.165) is 24.8 Å². The Morgan fingerprint density at radius 2 is 1.90 bits per heavy atom. The molecule has 4 nitrogen and oxygen atoms in total. The molecule has 3 rings (SSSR count). The summed E-state index contributed by atoms with van der Waals surface area (Å²) < 4.78 is 0. The largest absolute Gasteiger partial charge is 0.328 e. The Kier molecular flexibility index (Phi) is 3.37. The van der Waals surface area contributed by atoms with Crippen molar-refractivity contribution in [1.82, 2.24) is 9.97 Å². The molecule has 0 amide bonds. The molecule has 0 bridgehead atoms. The molecule has 1 aromatic carbocycles. The molecule has 20 heavy (non-hydrogen) atoms. The van der Waals surface area contributed by atoms with Gasteiger partial charge >= 0.3 is 0 Å². The third kappa shape index (κ3) is 2.25. The Morgan fingerprint density at radius 1 is 1.15 bits per heavy atom. The number of hydrogen-bond acceptors (Lipinski definition) is 4. The van der Waals surface area contributed by atoms with Gasteiger partial charge < -0.3 is 5.73 Å². The molecule has 1 aliphatic carbocycles. The van der Waals surface area contributed by atoms with E-state index in [1.807, 2.05) is 12.1 Å². The van der Waals surface area contributed by atoms with Crippen LogP contribution in [0.4, 0.5) is 0 Å². The van der Waals surface area contributed by atoms with E-state index in [1.54, 1.807) is 12.4 Å². The SMILES string of the molecule is C[C@@H]1C[C@H](N)C[C@H](c2ccc(C#N)c3nccnc23)C1. The van der Waals surface area contributed by atoms with Crippen molar-refractivity contribution < 1.29 is 0 Å². The lowest BCUT2D eigenvalue weighted by atomic mass is 9.76. The van der Waals surface area contributed by atoms with Gasteiger partial charge in [0.15, 0.2) is 0 Å². The van der Waals surface area contributed by atoms with E-state index < -0.39 is 0 Å². The highest BCUT2D eigenvalue weighted by Crippen LogP contribution is 2.38. The number of nitrogens with two attached hydrogens (primary N) is 1. The molecule has 4 heteroatoms. The molecule has 1 heterocycles. The average molecular weight is 266 g/mol. The summed E-state index contributed by atoms with van der Waals surface area (Å²) in [5.41, 5.74) is 9.51. The van der Waals surface area contributed by atoms with Gasteiger partial charge in [0.25, 0.3) is 0 Å². The van der Waals surface area contributed by atoms with E-state index >= 15 is 0 Å². The maximum Gasteiger partial charge on any atom is 0.107 e. The van der Waals surface area contributed by atoms with Gasteiger partial charge in [0.2, 0.25) is 0 Å². The van der Waals surface area contributed by atoms with E-state index in [9.17, 15) is 5.26 Å². The van der Waals surface area contributed by atoms with Crippen LogP contribution in [-0.4, -0.2) is 16.0 Å². The van der Waals surface area contributed by atoms with Gasteiger partial charge in [-0.2, -0.15) is 5.26 Å². The van der Waals surface area contributed by atoms with Crippen molar-refractivity contribution in [3.8, 4) is 6.07 Å². The summed E-state index contributed by atoms with van der Waals surface area (Å²) in [4.78, 5) is 8.79. The molecule has 1 aliphatic rings. The fourth-order valence-electron chi connectivity index (χ4n) is 3.41. The topological polar surface area (TPSA) is 75.6 Å². The summed E-state index contributed by atoms with van der Waals surface area (Å²) >= 11 is 0. The Hall–Kier alpha value is -1.99. The summed E-state index contributed by atoms with van der Waals surface area (Å²) in [6.45, 7) is 2.25. The van der Waals surface area contributed by atoms with Crippen LogP contribution in [0.25, 0.3) is 11.0 Å². The van der Waals surface area contributed by atoms with Gasteiger partial charge in [-0.3, -0.25) is 9.97 Å². The van der Waals surface area contributed by atoms with Crippen molar-refractivity contribution in [2.45, 2.75) is 38.1 Å². The first-order valence-corrected chi connectivity index (χ1v) is 7.08. The zero-order valence-corrected chi connectivity index (χ0v) is 11.6. The summed E-state index contributed by atoms with van der Waals surface area (Å²) in [5.74, 6) is 1.05. The van der Waals surface area contributed by atoms with Crippen LogP contribution in [-0.2, 0) is 0 Å². The second-order valence-electron chi connectivity index (χ2n) is 5.84. The Labute approximate surface area is 118 Å². The minimum Gasteiger partial charge on any atom is -0.328 e. The van der Waals surface area contributed by atoms with Crippen LogP contribution in [0.2, 0.25) is 0 Å². The minimum absolute atomic E-state index is 0.256. The lowest BCUT2D eigenvalue weighted by Gasteiger charge is -2.31. The second-order valence-corrected chi connectivity index (χ2v) is 5.84. The quantitative estimate of drug-likeness (QED) is 0.861. The van der Waals surface area contributed by atoms with E-state index in [2.05, 4.69) is 23.0 Å². The van der Waals surface area contributed by atoms with Crippen molar-refractivity contribution in [2.75, 3.05) is 0 Å². The molecule has 0 radical (unpaired) electrons. The lowest BCUT2D eigenvalue weighted by Crippen LogP contribution is -2.31. The third-order valence-electron chi connectivity index (χ3n) is 4.20. The van der Waals surface area contributed by atoms with Crippen molar-refractivity contribution in [3.63, 3.8) is 0 Å². The standard InChI is InChI=1S/C16H18N4/c1-10-6-12(8-13(18)7-10)14-3-2-11(9-17)15-16(14)20-5-4-19-15/h2-5,10,12-13H,6-8,18H2,1H3/t10-,12+,13-/m0/s1. The monoisotopic (exact) mass is 266 g/mol. The van der Waals surface area contributed by atoms with Crippen molar-refractivity contribution >= 4 is 11.0 Å². The predicted octanol–water partition coefficient (Wildman–Crippen LogP) is 2.73. The number of hydrogen-bond donors (Lipinski definition) is 1. The fourth-order valence-corrected chi connectivity index (χ4v) is 3.41. The maximum absolute atomic E-state index is 9.18. The number of nitrogens with zero attached hydrogens (tertiary/aromatic N) is 3. The maximum atomic E-state index is 9.18. The van der Waals surface area contributed by atoms with Gasteiger partial charge in [-0.25, -0.2) is 0 Å². The summed E-state index contributed by atoms with van der Waals surface area (Å²) in [6.07, 6.45) is 6.55. The van der Waals surface area contributed by atoms with Crippen LogP contribution in [0.3, 0.4) is 0 Å². The summed E-state index contributed by atoms with van der Waals surface area (Å²) in [5, 5.41) is 9.18. The first kappa shape index (κ1) is 13.0. The van der Waals surface area contributed by atoms with Crippen molar-refractivity contribution in [2.24, 2.45) is 11.7 Å². The van der Waals surface area contributed by atoms with Crippen LogP contribution in [0.15, 0.2) is 24.5 Å². The van der Waals surface area contributed by atoms with Gasteiger partial charge in [-0.15, -0.1) is 0 Å². The number of fused-ring (bicyclic) bond motifs is 1. The molecule has 0 spiro atoms. The van der Waals surface area contributed by atoms with Gasteiger partial charge in [0, 0.05) is 18.4 Å². The van der Waals surface area contributed by atoms with Gasteiger partial charge in [-0.05, 0) is 42.7 Å². The van der Waals surface area contributed by atoms with E-state index in [0.29, 0.717) is 22.9 Å². The van der Waals surface area contributed by atoms with Crippen LogP contribution in [0.1, 0.15) is 43.2 Å². The smallest absolute Gasteiger partial charge is 0.107 e. The third-order valence-corrected chi connectivity index (χ3v) is 4.20. The number of aromatic nitrogens is 2. The first-order valence-electron chi connectivity index (χ1n) is 7.08. The molecule has 0 aliphatic heterocycles. The molecule has 2 N–H and O–H groups in total. The van der Waals surface area contributed by atoms with E-state index in [4.69, 9.17) is 5.73 Å². The highest BCUT2D eigenvalue weighted by Gasteiger charge is 2.27. The Bertz CT molecular complexity index is 664. The highest BCUT2D eigenvalue weighted by molar-refractivity contribution is 5.83. The summed E-state index contributed by atoms with van der Waals surface area (Å²) in [6, 6.07) is 6.34. The Balaban J connectivity index is 2.11. The normalized spacial score (nSPS) is 26.4. The molecule has 0 unspecified atom stereocenters. The predicted molar refractivity (Wildman–Crippen MR) is 78.0 cm³/mol. The molecular formula is C16H18N4. The molecule has 1 fully saturated rings. The van der Waals surface area contributed by atoms with E-state index in [-0.39, 0.29) is 6.04 Å². The average Bonchev–Trinajstić information content (AvgIpc) is 2.45. The van der Waals surface area contributed by atoms with Crippen LogP contribution >= 0.6 is 0 Å². The number of rotatable bonds is 1. The van der Waals surface area contributed by atoms with Gasteiger partial charge in [-0.1, -0.05) is 13.0 Å². The molecule has 102 valence electrons. The first-order chi connectivity index (χ1) is 9.69. The van der Waals surface area contributed by atoms with E-state index in [1.165, 1.54) is 5.56 Å². The second kappa shape index (κ2) is 5.18. The molecule has 3 atom stereocenters. The van der Waals surface area contributed by atoms with Gasteiger partial charge in [0.05, 0.1) is 11.1 Å². The van der Waals surface area contributed by atoms with Gasteiger partial charge in [0.1, 0.15) is 11.6 Å². The molecule has 0 saturated heterocycles. The molecule has 2 aromatic rings. The number of benzene rings is 1. The fraction of sp³-hybridized carbons (Fsp3) is 0.438. The molecule has 1 aromatic heterocycles. The molecular weight excluding hydrogens is 248 g/mol. The van der Waals surface area contributed by atoms with Crippen LogP contribution in [0.5, 0.6) is 0 Å². The number of nitriles is 1. The zero-order valence-electron chi connectivity index (χ0n) is 11.6. The zero-order chi connectivity index (χ0) is 14.1. The highest BCUT2D eigenvalue weighted by atomic mass is 14.8. The molecule has 1 saturated carbocycles. The summed E-state index contributed by atoms with van der Waals surface area (Å²) in [7, 11) is 0. The Morgan fingerprint density at radius 3 is 2.60 bits per heavy atom. The lowest BCUT2D eigenvalue weighted by molar-refractivity contribution is 0.309. The minimum atomic E-state index is 0.256. The van der Waals surface area contributed by atoms with Crippen molar-refractivity contribution in [1.29, 1.82) is 5.26 Å². The van der Waals surface area contributed by atoms with Crippen LogP contribution in [0, 0.1) is 17.2 Å². The van der Waals surface area contributed by atoms with Crippen molar-refractivity contribution in [3.05, 3.63) is 35.7 Å². The van der Waals surface area contributed by atoms with Crippen LogP contribution < -0.4 is 5.73 Å².